The van der Waals surface area contributed by atoms with Crippen LogP contribution in [0.1, 0.15) is 25.7 Å². The standard InChI is InChI=1S/C25H33N3O3S.C2H2O4/c1-27(25-26-23-18-22(30-3)10-11-24(23)32-25)19-12-15-28(16-13-19)14-4-5-17-31-21-8-6-20(29-2)7-9-21;3-1(4)2(5)6/h6-11,18-19H,4-5,12-17H2,1-3H3;(H,3,4)(H,5,6)/p-2. The van der Waals surface area contributed by atoms with Crippen molar-refractivity contribution in [2.45, 2.75) is 31.7 Å². The lowest BCUT2D eigenvalue weighted by Gasteiger charge is -2.36. The number of nitrogens with zero attached hydrogens (tertiary/aromatic N) is 3. The number of anilines is 1. The van der Waals surface area contributed by atoms with Gasteiger partial charge in [0.25, 0.3) is 0 Å². The summed E-state index contributed by atoms with van der Waals surface area (Å²) >= 11 is 1.76. The van der Waals surface area contributed by atoms with Crippen LogP contribution in [0.3, 0.4) is 0 Å². The first-order chi connectivity index (χ1) is 18.3. The molecular formula is C27H33N3O7S-2. The highest BCUT2D eigenvalue weighted by molar-refractivity contribution is 7.22. The Labute approximate surface area is 226 Å². The zero-order chi connectivity index (χ0) is 27.5. The van der Waals surface area contributed by atoms with E-state index in [2.05, 4.69) is 22.9 Å². The van der Waals surface area contributed by atoms with Crippen molar-refractivity contribution >= 4 is 38.6 Å². The van der Waals surface area contributed by atoms with Gasteiger partial charge in [-0.3, -0.25) is 0 Å². The highest BCUT2D eigenvalue weighted by Gasteiger charge is 2.24. The highest BCUT2D eigenvalue weighted by atomic mass is 32.1. The van der Waals surface area contributed by atoms with Gasteiger partial charge in [0.15, 0.2) is 5.13 Å². The maximum Gasteiger partial charge on any atom is 0.186 e. The number of aliphatic carboxylic acids is 2. The first-order valence-electron chi connectivity index (χ1n) is 12.4. The van der Waals surface area contributed by atoms with Crippen LogP contribution in [0.25, 0.3) is 10.2 Å². The van der Waals surface area contributed by atoms with Gasteiger partial charge in [-0.2, -0.15) is 0 Å². The van der Waals surface area contributed by atoms with E-state index < -0.39 is 11.9 Å². The van der Waals surface area contributed by atoms with Gasteiger partial charge in [-0.1, -0.05) is 11.3 Å². The van der Waals surface area contributed by atoms with E-state index in [0.29, 0.717) is 6.04 Å². The van der Waals surface area contributed by atoms with Gasteiger partial charge in [0.2, 0.25) is 0 Å². The number of piperidine rings is 1. The molecule has 2 heterocycles. The summed E-state index contributed by atoms with van der Waals surface area (Å²) in [5.74, 6) is -1.75. The molecule has 0 unspecified atom stereocenters. The fourth-order valence-electron chi connectivity index (χ4n) is 4.16. The molecule has 11 heteroatoms. The van der Waals surface area contributed by atoms with Crippen molar-refractivity contribution in [3.05, 3.63) is 42.5 Å². The minimum absolute atomic E-state index is 0.548. The van der Waals surface area contributed by atoms with E-state index in [4.69, 9.17) is 39.0 Å². The van der Waals surface area contributed by atoms with Gasteiger partial charge >= 0.3 is 0 Å². The molecule has 4 rings (SSSR count). The number of carbonyl (C=O) groups is 2. The van der Waals surface area contributed by atoms with Crippen LogP contribution in [0.5, 0.6) is 17.2 Å². The van der Waals surface area contributed by atoms with E-state index in [1.54, 1.807) is 25.6 Å². The minimum Gasteiger partial charge on any atom is -0.543 e. The van der Waals surface area contributed by atoms with Crippen LogP contribution in [0, 0.1) is 0 Å². The van der Waals surface area contributed by atoms with Crippen LogP contribution >= 0.6 is 11.3 Å². The molecule has 0 aliphatic carbocycles. The van der Waals surface area contributed by atoms with Crippen LogP contribution < -0.4 is 29.3 Å². The predicted molar refractivity (Wildman–Crippen MR) is 142 cm³/mol. The number of carboxylic acid groups (broad SMARTS) is 2. The second-order valence-corrected chi connectivity index (χ2v) is 9.83. The third-order valence-corrected chi connectivity index (χ3v) is 7.48. The van der Waals surface area contributed by atoms with E-state index in [9.17, 15) is 0 Å². The lowest BCUT2D eigenvalue weighted by molar-refractivity contribution is -0.345. The fourth-order valence-corrected chi connectivity index (χ4v) is 5.14. The second kappa shape index (κ2) is 14.4. The average molecular weight is 544 g/mol. The van der Waals surface area contributed by atoms with Crippen LogP contribution in [0.15, 0.2) is 42.5 Å². The molecule has 1 aliphatic heterocycles. The molecule has 0 N–H and O–H groups in total. The number of hydrogen-bond donors (Lipinski definition) is 0. The van der Waals surface area contributed by atoms with Gasteiger partial charge in [-0.05, 0) is 68.6 Å². The summed E-state index contributed by atoms with van der Waals surface area (Å²) in [7, 11) is 5.56. The van der Waals surface area contributed by atoms with Crippen molar-refractivity contribution in [1.29, 1.82) is 0 Å². The number of unbranched alkanes of at least 4 members (excludes halogenated alkanes) is 1. The van der Waals surface area contributed by atoms with Gasteiger partial charge in [-0.15, -0.1) is 0 Å². The number of rotatable bonds is 10. The first kappa shape index (κ1) is 29.0. The van der Waals surface area contributed by atoms with Crippen LogP contribution in [-0.4, -0.2) is 75.4 Å². The van der Waals surface area contributed by atoms with Crippen molar-refractivity contribution < 1.29 is 34.0 Å². The Hall–Kier alpha value is -3.57. The number of benzene rings is 2. The highest BCUT2D eigenvalue weighted by Crippen LogP contribution is 2.33. The normalized spacial score (nSPS) is 13.9. The van der Waals surface area contributed by atoms with E-state index in [0.717, 1.165) is 67.0 Å². The SMILES string of the molecule is COc1ccc(OCCCCN2CCC(N(C)c3nc4cc(OC)ccc4s3)CC2)cc1.O=C([O-])C(=O)[O-]. The molecule has 1 aliphatic rings. The molecule has 0 spiro atoms. The molecule has 0 amide bonds. The molecule has 10 nitrogen and oxygen atoms in total. The first-order valence-corrected chi connectivity index (χ1v) is 13.2. The van der Waals surface area contributed by atoms with Gasteiger partial charge < -0.3 is 43.8 Å². The lowest BCUT2D eigenvalue weighted by Crippen LogP contribution is -2.43. The van der Waals surface area contributed by atoms with E-state index in [1.807, 2.05) is 36.4 Å². The number of thiazole rings is 1. The average Bonchev–Trinajstić information content (AvgIpc) is 3.37. The fraction of sp³-hybridized carbons (Fsp3) is 0.444. The van der Waals surface area contributed by atoms with Crippen LogP contribution in [-0.2, 0) is 9.59 Å². The number of aromatic nitrogens is 1. The number of carboxylic acids is 2. The Morgan fingerprint density at radius 3 is 2.18 bits per heavy atom. The third kappa shape index (κ3) is 8.49. The van der Waals surface area contributed by atoms with E-state index in [-0.39, 0.29) is 0 Å². The van der Waals surface area contributed by atoms with Gasteiger partial charge in [0.05, 0.1) is 43.0 Å². The largest absolute Gasteiger partial charge is 0.543 e. The number of likely N-dealkylation sites (tertiary alicyclic amines) is 1. The molecule has 0 bridgehead atoms. The number of methoxy groups -OCH3 is 2. The third-order valence-electron chi connectivity index (χ3n) is 6.35. The number of hydrogen-bond acceptors (Lipinski definition) is 11. The topological polar surface area (TPSA) is 127 Å². The molecule has 38 heavy (non-hydrogen) atoms. The Bertz CT molecular complexity index is 1170. The quantitative estimate of drug-likeness (QED) is 0.275. The lowest BCUT2D eigenvalue weighted by atomic mass is 10.0. The molecule has 1 saturated heterocycles. The van der Waals surface area contributed by atoms with Crippen molar-refractivity contribution in [2.75, 3.05) is 52.4 Å². The summed E-state index contributed by atoms with van der Waals surface area (Å²) in [5.41, 5.74) is 1.02. The summed E-state index contributed by atoms with van der Waals surface area (Å²) in [5, 5.41) is 19.0. The van der Waals surface area contributed by atoms with Crippen LogP contribution in [0.2, 0.25) is 0 Å². The van der Waals surface area contributed by atoms with Gasteiger partial charge in [-0.25, -0.2) is 4.98 Å². The Kier molecular flexibility index (Phi) is 11.0. The summed E-state index contributed by atoms with van der Waals surface area (Å²) < 4.78 is 17.6. The summed E-state index contributed by atoms with van der Waals surface area (Å²) in [6, 6.07) is 14.5. The molecule has 0 radical (unpaired) electrons. The molecule has 1 fully saturated rings. The Balaban J connectivity index is 0.000000599. The molecule has 0 atom stereocenters. The van der Waals surface area contributed by atoms with Crippen molar-refractivity contribution in [3.8, 4) is 17.2 Å². The number of ether oxygens (including phenoxy) is 3. The monoisotopic (exact) mass is 543 g/mol. The zero-order valence-corrected chi connectivity index (χ0v) is 22.7. The maximum absolute atomic E-state index is 8.93. The molecular weight excluding hydrogens is 510 g/mol. The summed E-state index contributed by atoms with van der Waals surface area (Å²) in [6.07, 6.45) is 4.59. The van der Waals surface area contributed by atoms with Crippen molar-refractivity contribution in [2.24, 2.45) is 0 Å². The van der Waals surface area contributed by atoms with E-state index in [1.165, 1.54) is 17.5 Å². The minimum atomic E-state index is -2.19. The van der Waals surface area contributed by atoms with Crippen molar-refractivity contribution in [1.82, 2.24) is 9.88 Å². The van der Waals surface area contributed by atoms with Crippen molar-refractivity contribution in [3.63, 3.8) is 0 Å². The Morgan fingerprint density at radius 1 is 0.974 bits per heavy atom. The maximum atomic E-state index is 8.93. The number of fused-ring (bicyclic) bond motifs is 1. The molecule has 0 saturated carbocycles. The second-order valence-electron chi connectivity index (χ2n) is 8.82. The molecule has 2 aromatic carbocycles. The summed E-state index contributed by atoms with van der Waals surface area (Å²) in [4.78, 5) is 27.7. The zero-order valence-electron chi connectivity index (χ0n) is 21.9. The van der Waals surface area contributed by atoms with E-state index >= 15 is 0 Å². The number of carbonyl (C=O) groups excluding carboxylic acids is 2. The Morgan fingerprint density at radius 2 is 1.58 bits per heavy atom. The predicted octanol–water partition coefficient (Wildman–Crippen LogP) is 1.56. The van der Waals surface area contributed by atoms with Gasteiger partial charge in [0, 0.05) is 32.2 Å². The van der Waals surface area contributed by atoms with Crippen LogP contribution in [0.4, 0.5) is 5.13 Å². The summed E-state index contributed by atoms with van der Waals surface area (Å²) in [6.45, 7) is 4.19. The molecule has 1 aromatic heterocycles. The molecule has 206 valence electrons. The smallest absolute Gasteiger partial charge is 0.186 e. The van der Waals surface area contributed by atoms with Gasteiger partial charge in [0.1, 0.15) is 17.2 Å². The molecule has 3 aromatic rings.